The molecule has 3 aromatic heterocycles. The van der Waals surface area contributed by atoms with Gasteiger partial charge in [-0.25, -0.2) is 4.98 Å². The quantitative estimate of drug-likeness (QED) is 0.149. The Morgan fingerprint density at radius 3 is 2.38 bits per heavy atom. The number of hydrogen-bond acceptors (Lipinski definition) is 5. The zero-order valence-electron chi connectivity index (χ0n) is 26.9. The van der Waals surface area contributed by atoms with Gasteiger partial charge >= 0.3 is 12.1 Å². The monoisotopic (exact) mass is 669 g/mol. The van der Waals surface area contributed by atoms with Gasteiger partial charge in [0.15, 0.2) is 0 Å². The maximum atomic E-state index is 13.0. The first-order chi connectivity index (χ1) is 22.8. The Hall–Kier alpha value is -4.83. The molecule has 48 heavy (non-hydrogen) atoms. The number of pyridine rings is 2. The standard InChI is InChI=1S/C38H34F3N3O3S/c1-22-32(47-21-27-15-13-24-7-5-6-8-30(24)43-27)18-17-31-33(22)35(48-37(2,3)4)34(44-31)28(36(45)46)19-23-9-11-25(12-10-23)29-16-14-26(20-42-29)38(39,40)41/h5-18,20,28,44H,19,21H2,1-4H3,(H,45,46). The van der Waals surface area contributed by atoms with Crippen molar-refractivity contribution in [3.63, 3.8) is 0 Å². The van der Waals surface area contributed by atoms with E-state index in [9.17, 15) is 23.1 Å². The summed E-state index contributed by atoms with van der Waals surface area (Å²) >= 11 is 1.61. The number of carboxylic acid groups (broad SMARTS) is 1. The smallest absolute Gasteiger partial charge is 0.417 e. The molecule has 6 nitrogen and oxygen atoms in total. The third kappa shape index (κ3) is 7.18. The lowest BCUT2D eigenvalue weighted by atomic mass is 9.95. The summed E-state index contributed by atoms with van der Waals surface area (Å²) in [5.41, 5.74) is 5.03. The van der Waals surface area contributed by atoms with Crippen LogP contribution in [0, 0.1) is 6.92 Å². The van der Waals surface area contributed by atoms with Gasteiger partial charge in [-0.2, -0.15) is 13.2 Å². The number of ether oxygens (including phenoxy) is 1. The van der Waals surface area contributed by atoms with Gasteiger partial charge in [-0.15, -0.1) is 11.8 Å². The van der Waals surface area contributed by atoms with Crippen LogP contribution in [-0.2, 0) is 24.0 Å². The van der Waals surface area contributed by atoms with Crippen LogP contribution >= 0.6 is 11.8 Å². The fourth-order valence-electron chi connectivity index (χ4n) is 5.67. The highest BCUT2D eigenvalue weighted by Crippen LogP contribution is 2.45. The molecular formula is C38H34F3N3O3S. The first-order valence-corrected chi connectivity index (χ1v) is 16.3. The number of aliphatic carboxylic acids is 1. The number of alkyl halides is 3. The molecule has 0 radical (unpaired) electrons. The van der Waals surface area contributed by atoms with Crippen molar-refractivity contribution < 1.29 is 27.8 Å². The fraction of sp³-hybridized carbons (Fsp3) is 0.237. The number of aryl methyl sites for hydroxylation is 1. The number of carboxylic acids is 1. The van der Waals surface area contributed by atoms with Gasteiger partial charge in [0.05, 0.1) is 22.5 Å². The van der Waals surface area contributed by atoms with Crippen LogP contribution in [0.2, 0.25) is 0 Å². The van der Waals surface area contributed by atoms with E-state index in [1.807, 2.05) is 55.5 Å². The predicted molar refractivity (Wildman–Crippen MR) is 183 cm³/mol. The second-order valence-electron chi connectivity index (χ2n) is 12.7. The predicted octanol–water partition coefficient (Wildman–Crippen LogP) is 9.99. The highest BCUT2D eigenvalue weighted by atomic mass is 32.2. The molecule has 246 valence electrons. The normalized spacial score (nSPS) is 12.8. The van der Waals surface area contributed by atoms with Crippen LogP contribution in [0.25, 0.3) is 33.1 Å². The van der Waals surface area contributed by atoms with Crippen molar-refractivity contribution in [2.75, 3.05) is 0 Å². The number of halogens is 3. The topological polar surface area (TPSA) is 88.1 Å². The number of fused-ring (bicyclic) bond motifs is 2. The van der Waals surface area contributed by atoms with Crippen LogP contribution in [-0.4, -0.2) is 30.8 Å². The number of carbonyl (C=O) groups is 1. The molecule has 2 N–H and O–H groups in total. The van der Waals surface area contributed by atoms with E-state index in [0.29, 0.717) is 22.7 Å². The first kappa shape index (κ1) is 33.1. The number of rotatable bonds is 9. The lowest BCUT2D eigenvalue weighted by molar-refractivity contribution is -0.139. The van der Waals surface area contributed by atoms with Crippen LogP contribution in [0.3, 0.4) is 0 Å². The van der Waals surface area contributed by atoms with E-state index in [4.69, 9.17) is 9.72 Å². The van der Waals surface area contributed by atoms with E-state index in [0.717, 1.165) is 55.8 Å². The van der Waals surface area contributed by atoms with Crippen molar-refractivity contribution in [3.8, 4) is 17.0 Å². The third-order valence-corrected chi connectivity index (χ3v) is 9.26. The molecule has 0 bridgehead atoms. The number of nitrogens with zero attached hydrogens (tertiary/aromatic N) is 2. The van der Waals surface area contributed by atoms with Gasteiger partial charge in [0.2, 0.25) is 0 Å². The summed E-state index contributed by atoms with van der Waals surface area (Å²) < 4.78 is 45.0. The number of nitrogens with one attached hydrogen (secondary N) is 1. The second kappa shape index (κ2) is 13.0. The second-order valence-corrected chi connectivity index (χ2v) is 14.5. The molecule has 6 aromatic rings. The SMILES string of the molecule is Cc1c(OCc2ccc3ccccc3n2)ccc2[nH]c(C(Cc3ccc(-c4ccc(C(F)(F)F)cn4)cc3)C(=O)O)c(SC(C)(C)C)c12. The minimum atomic E-state index is -4.46. The van der Waals surface area contributed by atoms with Crippen LogP contribution in [0.15, 0.2) is 96.0 Å². The van der Waals surface area contributed by atoms with Crippen molar-refractivity contribution in [1.82, 2.24) is 15.0 Å². The number of thioether (sulfide) groups is 1. The van der Waals surface area contributed by atoms with Crippen LogP contribution in [0.1, 0.15) is 54.8 Å². The maximum absolute atomic E-state index is 13.0. The highest BCUT2D eigenvalue weighted by Gasteiger charge is 2.32. The number of para-hydroxylation sites is 1. The van der Waals surface area contributed by atoms with Crippen molar-refractivity contribution in [2.45, 2.75) is 62.5 Å². The van der Waals surface area contributed by atoms with Gasteiger partial charge in [0.25, 0.3) is 0 Å². The Labute approximate surface area is 280 Å². The molecule has 10 heteroatoms. The number of benzene rings is 3. The van der Waals surface area contributed by atoms with E-state index < -0.39 is 23.6 Å². The molecule has 0 aliphatic heterocycles. The lowest BCUT2D eigenvalue weighted by Crippen LogP contribution is -2.17. The van der Waals surface area contributed by atoms with E-state index in [1.165, 1.54) is 6.07 Å². The number of aromatic nitrogens is 3. The molecule has 3 heterocycles. The molecule has 0 amide bonds. The van der Waals surface area contributed by atoms with Crippen LogP contribution in [0.4, 0.5) is 13.2 Å². The molecule has 6 rings (SSSR count). The third-order valence-electron chi connectivity index (χ3n) is 8.02. The summed E-state index contributed by atoms with van der Waals surface area (Å²) in [7, 11) is 0. The molecule has 0 aliphatic carbocycles. The minimum absolute atomic E-state index is 0.205. The van der Waals surface area contributed by atoms with E-state index in [1.54, 1.807) is 36.0 Å². The fourth-order valence-corrected chi connectivity index (χ4v) is 6.95. The number of aromatic amines is 1. The van der Waals surface area contributed by atoms with E-state index in [2.05, 4.69) is 30.7 Å². The van der Waals surface area contributed by atoms with E-state index >= 15 is 0 Å². The van der Waals surface area contributed by atoms with Gasteiger partial charge in [0.1, 0.15) is 18.3 Å². The highest BCUT2D eigenvalue weighted by molar-refractivity contribution is 8.00. The van der Waals surface area contributed by atoms with E-state index in [-0.39, 0.29) is 17.8 Å². The average Bonchev–Trinajstić information content (AvgIpc) is 3.40. The van der Waals surface area contributed by atoms with Gasteiger partial charge in [-0.3, -0.25) is 9.78 Å². The van der Waals surface area contributed by atoms with Gasteiger partial charge < -0.3 is 14.8 Å². The summed E-state index contributed by atoms with van der Waals surface area (Å²) in [5, 5.41) is 12.5. The number of hydrogen-bond donors (Lipinski definition) is 2. The molecule has 1 atom stereocenters. The zero-order chi connectivity index (χ0) is 34.2. The van der Waals surface area contributed by atoms with Crippen molar-refractivity contribution in [3.05, 3.63) is 119 Å². The molecule has 1 unspecified atom stereocenters. The summed E-state index contributed by atoms with van der Waals surface area (Å²) in [4.78, 5) is 25.8. The van der Waals surface area contributed by atoms with Crippen LogP contribution in [0.5, 0.6) is 5.75 Å². The molecule has 0 saturated carbocycles. The Kier molecular flexibility index (Phi) is 8.96. The molecule has 0 spiro atoms. The van der Waals surface area contributed by atoms with Gasteiger partial charge in [0, 0.05) is 48.9 Å². The van der Waals surface area contributed by atoms with Crippen LogP contribution < -0.4 is 4.74 Å². The molecule has 0 saturated heterocycles. The zero-order valence-corrected chi connectivity index (χ0v) is 27.7. The Morgan fingerprint density at radius 1 is 0.958 bits per heavy atom. The first-order valence-electron chi connectivity index (χ1n) is 15.4. The van der Waals surface area contributed by atoms with Crippen molar-refractivity contribution in [1.29, 1.82) is 0 Å². The minimum Gasteiger partial charge on any atom is -0.487 e. The molecule has 0 fully saturated rings. The van der Waals surface area contributed by atoms with Crippen molar-refractivity contribution in [2.24, 2.45) is 0 Å². The summed E-state index contributed by atoms with van der Waals surface area (Å²) in [6.45, 7) is 8.53. The van der Waals surface area contributed by atoms with Gasteiger partial charge in [-0.05, 0) is 55.3 Å². The summed E-state index contributed by atoms with van der Waals surface area (Å²) in [6, 6.07) is 25.1. The molecular weight excluding hydrogens is 635 g/mol. The van der Waals surface area contributed by atoms with Crippen molar-refractivity contribution >= 4 is 39.5 Å². The average molecular weight is 670 g/mol. The van der Waals surface area contributed by atoms with Gasteiger partial charge in [-0.1, -0.05) is 69.3 Å². The Balaban J connectivity index is 1.30. The summed E-state index contributed by atoms with van der Waals surface area (Å²) in [6.07, 6.45) is -3.44. The summed E-state index contributed by atoms with van der Waals surface area (Å²) in [5.74, 6) is -1.16. The maximum Gasteiger partial charge on any atom is 0.417 e. The largest absolute Gasteiger partial charge is 0.487 e. The number of H-pyrrole nitrogens is 1. The molecule has 0 aliphatic rings. The Bertz CT molecular complexity index is 2100. The Morgan fingerprint density at radius 2 is 1.71 bits per heavy atom. The lowest BCUT2D eigenvalue weighted by Gasteiger charge is -2.21. The molecule has 3 aromatic carbocycles.